The number of H-pyrrole nitrogens is 1. The van der Waals surface area contributed by atoms with Crippen LogP contribution < -0.4 is 16.2 Å². The molecule has 0 spiro atoms. The second-order valence-electron chi connectivity index (χ2n) is 11.3. The standard InChI is InChI=1S/C31H36ClFN4O6/c1-40-6-7-41-8-9-42-21-12-22(13-21)43-30-5-2-18(16-35-30)23-14-26(33)27(15-25(23)32)36-31(39)37-20-3-4-28(37)24-17-34-29(38)11-19(24)10-20/h2,5,11,14-17,20-22,28,30,35H,3-4,6-10,12-13H2,1H3,(H,34,38)(H,36,39). The lowest BCUT2D eigenvalue weighted by Crippen LogP contribution is -2.44. The number of allylic oxidation sites excluding steroid dienone is 2. The molecule has 1 aromatic carbocycles. The molecule has 6 rings (SSSR count). The molecule has 10 nitrogen and oxygen atoms in total. The van der Waals surface area contributed by atoms with Crippen LogP contribution in [-0.4, -0.2) is 73.9 Å². The number of rotatable bonds is 11. The number of carbonyl (C=O) groups excluding carboxylic acids is 1. The minimum Gasteiger partial charge on any atom is -0.382 e. The molecule has 3 aliphatic heterocycles. The molecule has 2 amide bonds. The molecule has 12 heteroatoms. The molecule has 1 aliphatic carbocycles. The van der Waals surface area contributed by atoms with Crippen molar-refractivity contribution in [3.63, 3.8) is 0 Å². The number of dihydropyridines is 1. The number of aromatic nitrogens is 1. The average Bonchev–Trinajstić information content (AvgIpc) is 3.30. The lowest BCUT2D eigenvalue weighted by Gasteiger charge is -2.37. The van der Waals surface area contributed by atoms with Gasteiger partial charge in [0.05, 0.1) is 55.4 Å². The Morgan fingerprint density at radius 2 is 1.98 bits per heavy atom. The lowest BCUT2D eigenvalue weighted by atomic mass is 9.92. The summed E-state index contributed by atoms with van der Waals surface area (Å²) in [5.41, 5.74) is 2.97. The van der Waals surface area contributed by atoms with Crippen molar-refractivity contribution in [2.24, 2.45) is 0 Å². The number of amides is 2. The van der Waals surface area contributed by atoms with Crippen LogP contribution >= 0.6 is 11.6 Å². The van der Waals surface area contributed by atoms with Crippen molar-refractivity contribution < 1.29 is 28.1 Å². The molecule has 4 aliphatic rings. The summed E-state index contributed by atoms with van der Waals surface area (Å²) in [4.78, 5) is 29.5. The number of benzene rings is 1. The number of hydrogen-bond donors (Lipinski definition) is 3. The number of fused-ring (bicyclic) bond motifs is 4. The highest BCUT2D eigenvalue weighted by atomic mass is 35.5. The number of anilines is 1. The number of methoxy groups -OCH3 is 1. The van der Waals surface area contributed by atoms with Crippen molar-refractivity contribution in [1.29, 1.82) is 0 Å². The molecule has 2 fully saturated rings. The molecule has 43 heavy (non-hydrogen) atoms. The summed E-state index contributed by atoms with van der Waals surface area (Å²) in [6.45, 7) is 2.22. The second kappa shape index (κ2) is 13.2. The van der Waals surface area contributed by atoms with Gasteiger partial charge in [-0.1, -0.05) is 17.7 Å². The Bertz CT molecular complexity index is 1460. The van der Waals surface area contributed by atoms with E-state index in [2.05, 4.69) is 15.6 Å². The number of nitrogens with zero attached hydrogens (tertiary/aromatic N) is 1. The SMILES string of the molecule is COCCOCCOC1CC(OC2C=CC(c3cc(F)c(NC(=O)N4C5CCC4c4c[nH]c(=O)cc4C5)cc3Cl)=CN2)C1. The van der Waals surface area contributed by atoms with Crippen LogP contribution in [0.15, 0.2) is 47.5 Å². The van der Waals surface area contributed by atoms with Crippen molar-refractivity contribution in [2.45, 2.75) is 62.6 Å². The molecule has 0 radical (unpaired) electrons. The van der Waals surface area contributed by atoms with Gasteiger partial charge in [0.15, 0.2) is 0 Å². The van der Waals surface area contributed by atoms with Gasteiger partial charge < -0.3 is 39.5 Å². The van der Waals surface area contributed by atoms with Gasteiger partial charge >= 0.3 is 6.03 Å². The molecule has 2 bridgehead atoms. The van der Waals surface area contributed by atoms with E-state index >= 15 is 4.39 Å². The highest BCUT2D eigenvalue weighted by molar-refractivity contribution is 6.33. The molecule has 1 aromatic heterocycles. The monoisotopic (exact) mass is 614 g/mol. The van der Waals surface area contributed by atoms with Crippen LogP contribution in [0.2, 0.25) is 5.02 Å². The van der Waals surface area contributed by atoms with Crippen LogP contribution in [0.1, 0.15) is 48.4 Å². The number of ether oxygens (including phenoxy) is 4. The summed E-state index contributed by atoms with van der Waals surface area (Å²) in [7, 11) is 1.64. The van der Waals surface area contributed by atoms with Crippen molar-refractivity contribution in [2.75, 3.05) is 38.9 Å². The van der Waals surface area contributed by atoms with Crippen molar-refractivity contribution in [3.05, 3.63) is 80.6 Å². The Labute approximate surface area is 254 Å². The van der Waals surface area contributed by atoms with Crippen molar-refractivity contribution in [3.8, 4) is 0 Å². The Morgan fingerprint density at radius 1 is 1.14 bits per heavy atom. The van der Waals surface area contributed by atoms with E-state index in [1.807, 2.05) is 12.2 Å². The molecule has 1 saturated carbocycles. The highest BCUT2D eigenvalue weighted by Crippen LogP contribution is 2.43. The first-order chi connectivity index (χ1) is 20.9. The summed E-state index contributed by atoms with van der Waals surface area (Å²) < 4.78 is 37.5. The van der Waals surface area contributed by atoms with Gasteiger partial charge in [-0.15, -0.1) is 0 Å². The van der Waals surface area contributed by atoms with Crippen LogP contribution in [0.25, 0.3) is 5.57 Å². The lowest BCUT2D eigenvalue weighted by molar-refractivity contribution is -0.126. The Hall–Kier alpha value is -3.22. The van der Waals surface area contributed by atoms with E-state index in [4.69, 9.17) is 30.5 Å². The number of pyridine rings is 1. The van der Waals surface area contributed by atoms with Gasteiger partial charge in [0.25, 0.3) is 0 Å². The first-order valence-electron chi connectivity index (χ1n) is 14.7. The molecule has 4 heterocycles. The summed E-state index contributed by atoms with van der Waals surface area (Å²) in [5, 5.41) is 6.23. The zero-order valence-electron chi connectivity index (χ0n) is 23.9. The minimum atomic E-state index is -0.584. The molecule has 3 unspecified atom stereocenters. The van der Waals surface area contributed by atoms with Crippen LogP contribution in [0.3, 0.4) is 0 Å². The van der Waals surface area contributed by atoms with Crippen LogP contribution in [0, 0.1) is 5.82 Å². The number of urea groups is 1. The zero-order chi connectivity index (χ0) is 29.9. The smallest absolute Gasteiger partial charge is 0.322 e. The van der Waals surface area contributed by atoms with Gasteiger partial charge in [-0.2, -0.15) is 0 Å². The van der Waals surface area contributed by atoms with E-state index < -0.39 is 5.82 Å². The van der Waals surface area contributed by atoms with Crippen molar-refractivity contribution >= 4 is 28.9 Å². The van der Waals surface area contributed by atoms with Crippen LogP contribution in [0.5, 0.6) is 0 Å². The highest BCUT2D eigenvalue weighted by Gasteiger charge is 2.43. The predicted molar refractivity (Wildman–Crippen MR) is 159 cm³/mol. The topological polar surface area (TPSA) is 114 Å². The Balaban J connectivity index is 1.000. The van der Waals surface area contributed by atoms with Crippen LogP contribution in [-0.2, 0) is 25.4 Å². The van der Waals surface area contributed by atoms with Crippen molar-refractivity contribution in [1.82, 2.24) is 15.2 Å². The zero-order valence-corrected chi connectivity index (χ0v) is 24.7. The van der Waals surface area contributed by atoms with E-state index in [0.717, 1.165) is 36.8 Å². The Morgan fingerprint density at radius 3 is 2.77 bits per heavy atom. The molecule has 2 aromatic rings. The van der Waals surface area contributed by atoms with E-state index in [-0.39, 0.29) is 47.8 Å². The fraction of sp³-hybridized carbons (Fsp3) is 0.484. The normalized spacial score (nSPS) is 25.5. The molecule has 3 atom stereocenters. The molecular formula is C31H36ClFN4O6. The summed E-state index contributed by atoms with van der Waals surface area (Å²) in [6.07, 6.45) is 10.9. The summed E-state index contributed by atoms with van der Waals surface area (Å²) in [5.74, 6) is -0.584. The molecular weight excluding hydrogens is 579 g/mol. The van der Waals surface area contributed by atoms with Gasteiger partial charge in [0.1, 0.15) is 12.0 Å². The number of hydrogen-bond acceptors (Lipinski definition) is 7. The number of aromatic amines is 1. The third-order valence-corrected chi connectivity index (χ3v) is 8.78. The molecule has 1 saturated heterocycles. The van der Waals surface area contributed by atoms with Gasteiger partial charge in [-0.25, -0.2) is 9.18 Å². The first-order valence-corrected chi connectivity index (χ1v) is 15.1. The third-order valence-electron chi connectivity index (χ3n) is 8.46. The third kappa shape index (κ3) is 6.66. The fourth-order valence-electron chi connectivity index (χ4n) is 6.21. The molecule has 3 N–H and O–H groups in total. The summed E-state index contributed by atoms with van der Waals surface area (Å²) in [6, 6.07) is 3.79. The maximum absolute atomic E-state index is 15.3. The number of nitrogens with one attached hydrogen (secondary N) is 3. The summed E-state index contributed by atoms with van der Waals surface area (Å²) >= 11 is 6.57. The first kappa shape index (κ1) is 29.8. The number of halogens is 2. The Kier molecular flexibility index (Phi) is 9.15. The van der Waals surface area contributed by atoms with E-state index in [1.54, 1.807) is 30.5 Å². The maximum Gasteiger partial charge on any atom is 0.322 e. The quantitative estimate of drug-likeness (QED) is 0.319. The molecule has 230 valence electrons. The van der Waals surface area contributed by atoms with Gasteiger partial charge in [-0.05, 0) is 54.2 Å². The van der Waals surface area contributed by atoms with Gasteiger partial charge in [0, 0.05) is 50.0 Å². The van der Waals surface area contributed by atoms with E-state index in [9.17, 15) is 9.59 Å². The largest absolute Gasteiger partial charge is 0.382 e. The maximum atomic E-state index is 15.3. The van der Waals surface area contributed by atoms with E-state index in [1.165, 1.54) is 12.1 Å². The average molecular weight is 615 g/mol. The van der Waals surface area contributed by atoms with E-state index in [0.29, 0.717) is 49.0 Å². The van der Waals surface area contributed by atoms with Gasteiger partial charge in [-0.3, -0.25) is 4.79 Å². The van der Waals surface area contributed by atoms with Gasteiger partial charge in [0.2, 0.25) is 5.56 Å². The predicted octanol–water partition coefficient (Wildman–Crippen LogP) is 4.51. The number of carbonyl (C=O) groups is 1. The fourth-order valence-corrected chi connectivity index (χ4v) is 6.49. The minimum absolute atomic E-state index is 0.0169. The van der Waals surface area contributed by atoms with Crippen LogP contribution in [0.4, 0.5) is 14.9 Å². The second-order valence-corrected chi connectivity index (χ2v) is 11.7.